The zero-order valence-electron chi connectivity index (χ0n) is 18.8. The molecule has 1 nitrogen and oxygen atoms in total. The maximum Gasteiger partial charge on any atom is 0.145 e. The number of hydrogen-bond donors (Lipinski definition) is 0. The van der Waals surface area contributed by atoms with Crippen LogP contribution in [0.3, 0.4) is 0 Å². The fourth-order valence-electron chi connectivity index (χ4n) is 4.78. The standard InChI is InChI=1S/C28H31F2N/c1-4-5-6-7-21-8-11-23(12-9-21)24-14-19(2)25(20(3)15-24)13-10-22-16-27(29)26(18-31)28(30)17-22/h14-17,21,23H,4-9,11-12H2,1-3H3. The van der Waals surface area contributed by atoms with Crippen molar-refractivity contribution in [2.24, 2.45) is 5.92 Å². The number of aryl methyl sites for hydroxylation is 2. The van der Waals surface area contributed by atoms with Gasteiger partial charge in [-0.05, 0) is 80.2 Å². The van der Waals surface area contributed by atoms with Gasteiger partial charge in [0.1, 0.15) is 23.3 Å². The van der Waals surface area contributed by atoms with Crippen molar-refractivity contribution in [3.8, 4) is 17.9 Å². The first-order chi connectivity index (χ1) is 14.9. The minimum Gasteiger partial charge on any atom is -0.205 e. The number of nitrogens with zero attached hydrogens (tertiary/aromatic N) is 1. The molecule has 1 fully saturated rings. The predicted molar refractivity (Wildman–Crippen MR) is 122 cm³/mol. The van der Waals surface area contributed by atoms with Crippen molar-refractivity contribution in [2.45, 2.75) is 78.1 Å². The molecule has 31 heavy (non-hydrogen) atoms. The molecule has 0 amide bonds. The Morgan fingerprint density at radius 1 is 0.871 bits per heavy atom. The highest BCUT2D eigenvalue weighted by molar-refractivity contribution is 5.52. The molecule has 0 heterocycles. The molecule has 0 aliphatic heterocycles. The average Bonchev–Trinajstić information content (AvgIpc) is 2.73. The van der Waals surface area contributed by atoms with Gasteiger partial charge in [-0.1, -0.05) is 56.6 Å². The fourth-order valence-corrected chi connectivity index (χ4v) is 4.78. The lowest BCUT2D eigenvalue weighted by atomic mass is 9.76. The molecule has 2 aromatic rings. The van der Waals surface area contributed by atoms with Gasteiger partial charge in [0.15, 0.2) is 0 Å². The van der Waals surface area contributed by atoms with Gasteiger partial charge in [0.25, 0.3) is 0 Å². The lowest BCUT2D eigenvalue weighted by Gasteiger charge is -2.29. The van der Waals surface area contributed by atoms with Gasteiger partial charge in [0.2, 0.25) is 0 Å². The lowest BCUT2D eigenvalue weighted by molar-refractivity contribution is 0.302. The van der Waals surface area contributed by atoms with Crippen molar-refractivity contribution in [3.63, 3.8) is 0 Å². The smallest absolute Gasteiger partial charge is 0.145 e. The summed E-state index contributed by atoms with van der Waals surface area (Å²) in [5, 5.41) is 8.80. The summed E-state index contributed by atoms with van der Waals surface area (Å²) in [6.07, 6.45) is 10.5. The van der Waals surface area contributed by atoms with E-state index in [1.165, 1.54) is 63.0 Å². The highest BCUT2D eigenvalue weighted by atomic mass is 19.1. The third-order valence-electron chi connectivity index (χ3n) is 6.57. The Morgan fingerprint density at radius 2 is 1.48 bits per heavy atom. The maximum atomic E-state index is 13.8. The van der Waals surface area contributed by atoms with E-state index in [-0.39, 0.29) is 5.56 Å². The predicted octanol–water partition coefficient (Wildman–Crippen LogP) is 7.71. The van der Waals surface area contributed by atoms with E-state index in [1.54, 1.807) is 0 Å². The molecule has 1 saturated carbocycles. The summed E-state index contributed by atoms with van der Waals surface area (Å²) in [5.41, 5.74) is 4.16. The van der Waals surface area contributed by atoms with Crippen LogP contribution in [0.1, 0.15) is 97.6 Å². The van der Waals surface area contributed by atoms with Gasteiger partial charge in [-0.15, -0.1) is 0 Å². The molecule has 0 spiro atoms. The molecular formula is C28H31F2N. The van der Waals surface area contributed by atoms with Crippen LogP contribution in [-0.4, -0.2) is 0 Å². The summed E-state index contributed by atoms with van der Waals surface area (Å²) in [4.78, 5) is 0. The molecular weight excluding hydrogens is 388 g/mol. The van der Waals surface area contributed by atoms with Crippen molar-refractivity contribution >= 4 is 0 Å². The summed E-state index contributed by atoms with van der Waals surface area (Å²) in [6.45, 7) is 6.37. The van der Waals surface area contributed by atoms with Crippen molar-refractivity contribution in [1.29, 1.82) is 5.26 Å². The van der Waals surface area contributed by atoms with Crippen LogP contribution in [0.15, 0.2) is 24.3 Å². The zero-order chi connectivity index (χ0) is 22.4. The third-order valence-corrected chi connectivity index (χ3v) is 6.57. The van der Waals surface area contributed by atoms with Crippen molar-refractivity contribution in [3.05, 3.63) is 69.3 Å². The lowest BCUT2D eigenvalue weighted by Crippen LogP contribution is -2.14. The minimum absolute atomic E-state index is 0.235. The van der Waals surface area contributed by atoms with Crippen LogP contribution < -0.4 is 0 Å². The number of rotatable bonds is 5. The Labute approximate surface area is 185 Å². The van der Waals surface area contributed by atoms with Gasteiger partial charge < -0.3 is 0 Å². The Balaban J connectivity index is 1.73. The Hall–Kier alpha value is -2.65. The van der Waals surface area contributed by atoms with E-state index in [4.69, 9.17) is 5.26 Å². The fraction of sp³-hybridized carbons (Fsp3) is 0.464. The van der Waals surface area contributed by atoms with E-state index in [9.17, 15) is 8.78 Å². The highest BCUT2D eigenvalue weighted by Gasteiger charge is 2.22. The highest BCUT2D eigenvalue weighted by Crippen LogP contribution is 2.38. The van der Waals surface area contributed by atoms with Gasteiger partial charge in [0.05, 0.1) is 0 Å². The van der Waals surface area contributed by atoms with E-state index in [2.05, 4.69) is 44.7 Å². The van der Waals surface area contributed by atoms with E-state index in [0.29, 0.717) is 5.92 Å². The molecule has 0 saturated heterocycles. The molecule has 2 aromatic carbocycles. The third kappa shape index (κ3) is 5.74. The maximum absolute atomic E-state index is 13.8. The zero-order valence-corrected chi connectivity index (χ0v) is 18.8. The molecule has 1 aliphatic rings. The molecule has 3 rings (SSSR count). The van der Waals surface area contributed by atoms with E-state index < -0.39 is 17.2 Å². The second kappa shape index (κ2) is 10.6. The first-order valence-electron chi connectivity index (χ1n) is 11.4. The summed E-state index contributed by atoms with van der Waals surface area (Å²) in [5.74, 6) is 5.71. The van der Waals surface area contributed by atoms with Gasteiger partial charge in [-0.3, -0.25) is 0 Å². The van der Waals surface area contributed by atoms with Crippen molar-refractivity contribution in [2.75, 3.05) is 0 Å². The van der Waals surface area contributed by atoms with Crippen LogP contribution in [0.2, 0.25) is 0 Å². The molecule has 3 heteroatoms. The molecule has 0 atom stereocenters. The summed E-state index contributed by atoms with van der Waals surface area (Å²) >= 11 is 0. The Bertz CT molecular complexity index is 981. The topological polar surface area (TPSA) is 23.8 Å². The van der Waals surface area contributed by atoms with Gasteiger partial charge >= 0.3 is 0 Å². The number of hydrogen-bond acceptors (Lipinski definition) is 1. The van der Waals surface area contributed by atoms with E-state index in [1.807, 2.05) is 0 Å². The van der Waals surface area contributed by atoms with Crippen LogP contribution in [-0.2, 0) is 0 Å². The molecule has 0 N–H and O–H groups in total. The van der Waals surface area contributed by atoms with Crippen LogP contribution >= 0.6 is 0 Å². The summed E-state index contributed by atoms with van der Waals surface area (Å²) in [7, 11) is 0. The summed E-state index contributed by atoms with van der Waals surface area (Å²) < 4.78 is 27.7. The van der Waals surface area contributed by atoms with E-state index >= 15 is 0 Å². The number of benzene rings is 2. The molecule has 0 aromatic heterocycles. The van der Waals surface area contributed by atoms with Crippen molar-refractivity contribution < 1.29 is 8.78 Å². The second-order valence-electron chi connectivity index (χ2n) is 8.92. The molecule has 1 aliphatic carbocycles. The SMILES string of the molecule is CCCCCC1CCC(c2cc(C)c(C#Cc3cc(F)c(C#N)c(F)c3)c(C)c2)CC1. The first kappa shape index (κ1) is 23.0. The molecule has 0 radical (unpaired) electrons. The molecule has 0 unspecified atom stereocenters. The largest absolute Gasteiger partial charge is 0.205 e. The summed E-state index contributed by atoms with van der Waals surface area (Å²) in [6, 6.07) is 8.24. The van der Waals surface area contributed by atoms with Crippen LogP contribution in [0.4, 0.5) is 8.78 Å². The van der Waals surface area contributed by atoms with Crippen LogP contribution in [0, 0.1) is 54.6 Å². The van der Waals surface area contributed by atoms with E-state index in [0.717, 1.165) is 34.7 Å². The number of nitriles is 1. The van der Waals surface area contributed by atoms with Gasteiger partial charge in [-0.2, -0.15) is 5.26 Å². The molecule has 162 valence electrons. The monoisotopic (exact) mass is 419 g/mol. The first-order valence-corrected chi connectivity index (χ1v) is 11.4. The number of halogens is 2. The van der Waals surface area contributed by atoms with Gasteiger partial charge in [-0.25, -0.2) is 8.78 Å². The van der Waals surface area contributed by atoms with Crippen LogP contribution in [0.25, 0.3) is 0 Å². The van der Waals surface area contributed by atoms with Crippen LogP contribution in [0.5, 0.6) is 0 Å². The Morgan fingerprint density at radius 3 is 2.03 bits per heavy atom. The number of unbranched alkanes of at least 4 members (excludes halogenated alkanes) is 2. The average molecular weight is 420 g/mol. The Kier molecular flexibility index (Phi) is 7.86. The quantitative estimate of drug-likeness (QED) is 0.360. The minimum atomic E-state index is -0.874. The van der Waals surface area contributed by atoms with Crippen molar-refractivity contribution in [1.82, 2.24) is 0 Å². The normalized spacial score (nSPS) is 18.2. The second-order valence-corrected chi connectivity index (χ2v) is 8.92. The molecule has 0 bridgehead atoms. The van der Waals surface area contributed by atoms with Gasteiger partial charge in [0, 0.05) is 11.1 Å².